The first kappa shape index (κ1) is 11.5. The average Bonchev–Trinajstić information content (AvgIpc) is 2.78. The van der Waals surface area contributed by atoms with Gasteiger partial charge in [0.1, 0.15) is 5.76 Å². The van der Waals surface area contributed by atoms with E-state index < -0.39 is 5.97 Å². The van der Waals surface area contributed by atoms with Crippen molar-refractivity contribution < 1.29 is 14.3 Å². The highest BCUT2D eigenvalue weighted by atomic mass is 16.4. The number of hydrogen-bond acceptors (Lipinski definition) is 2. The lowest BCUT2D eigenvalue weighted by Crippen LogP contribution is -1.94. The van der Waals surface area contributed by atoms with Gasteiger partial charge in [0.05, 0.1) is 11.8 Å². The summed E-state index contributed by atoms with van der Waals surface area (Å²) in [5.41, 5.74) is 2.23. The maximum atomic E-state index is 10.7. The number of rotatable bonds is 3. The predicted molar refractivity (Wildman–Crippen MR) is 65.2 cm³/mol. The highest BCUT2D eigenvalue weighted by Gasteiger charge is 2.08. The zero-order valence-electron chi connectivity index (χ0n) is 9.81. The first-order valence-electron chi connectivity index (χ1n) is 5.50. The van der Waals surface area contributed by atoms with Crippen molar-refractivity contribution in [1.29, 1.82) is 0 Å². The lowest BCUT2D eigenvalue weighted by atomic mass is 10.0. The van der Waals surface area contributed by atoms with Crippen LogP contribution in [0.3, 0.4) is 0 Å². The Labute approximate surface area is 99.7 Å². The van der Waals surface area contributed by atoms with Gasteiger partial charge < -0.3 is 9.52 Å². The van der Waals surface area contributed by atoms with Crippen LogP contribution in [0.25, 0.3) is 11.1 Å². The molecule has 0 aliphatic carbocycles. The molecule has 0 aliphatic heterocycles. The number of hydrogen-bond donors (Lipinski definition) is 1. The zero-order chi connectivity index (χ0) is 12.4. The van der Waals surface area contributed by atoms with Crippen molar-refractivity contribution in [3.8, 4) is 11.1 Å². The minimum absolute atomic E-state index is 0.293. The molecule has 17 heavy (non-hydrogen) atoms. The number of carboxylic acids is 1. The molecule has 2 aromatic rings. The van der Waals surface area contributed by atoms with Crippen LogP contribution < -0.4 is 0 Å². The molecular formula is C14H14O3. The zero-order valence-corrected chi connectivity index (χ0v) is 9.81. The quantitative estimate of drug-likeness (QED) is 0.873. The molecule has 1 heterocycles. The molecule has 0 amide bonds. The number of furan rings is 1. The van der Waals surface area contributed by atoms with Crippen LogP contribution in [0.5, 0.6) is 0 Å². The second kappa shape index (κ2) is 4.45. The van der Waals surface area contributed by atoms with Crippen LogP contribution in [0.15, 0.2) is 41.0 Å². The molecule has 0 bridgehead atoms. The highest BCUT2D eigenvalue weighted by molar-refractivity contribution is 5.88. The second-order valence-electron chi connectivity index (χ2n) is 4.27. The van der Waals surface area contributed by atoms with E-state index in [1.165, 1.54) is 0 Å². The van der Waals surface area contributed by atoms with E-state index in [-0.39, 0.29) is 0 Å². The molecule has 1 aromatic heterocycles. The van der Waals surface area contributed by atoms with Crippen LogP contribution in [0.4, 0.5) is 0 Å². The summed E-state index contributed by atoms with van der Waals surface area (Å²) in [7, 11) is 0. The average molecular weight is 230 g/mol. The van der Waals surface area contributed by atoms with Crippen molar-refractivity contribution in [1.82, 2.24) is 0 Å². The molecule has 0 atom stereocenters. The summed E-state index contributed by atoms with van der Waals surface area (Å²) in [6.07, 6.45) is 1.70. The van der Waals surface area contributed by atoms with E-state index in [0.717, 1.165) is 16.9 Å². The normalized spacial score (nSPS) is 10.8. The highest BCUT2D eigenvalue weighted by Crippen LogP contribution is 2.26. The summed E-state index contributed by atoms with van der Waals surface area (Å²) >= 11 is 0. The molecule has 3 heteroatoms. The topological polar surface area (TPSA) is 50.4 Å². The Morgan fingerprint density at radius 1 is 1.18 bits per heavy atom. The fourth-order valence-electron chi connectivity index (χ4n) is 1.61. The Morgan fingerprint density at radius 3 is 2.29 bits per heavy atom. The van der Waals surface area contributed by atoms with Crippen LogP contribution in [-0.4, -0.2) is 11.1 Å². The van der Waals surface area contributed by atoms with Crippen LogP contribution in [0.2, 0.25) is 0 Å². The lowest BCUT2D eigenvalue weighted by Gasteiger charge is -1.98. The van der Waals surface area contributed by atoms with Gasteiger partial charge in [-0.25, -0.2) is 4.79 Å². The van der Waals surface area contributed by atoms with Crippen molar-refractivity contribution in [2.75, 3.05) is 0 Å². The Kier molecular flexibility index (Phi) is 3.00. The van der Waals surface area contributed by atoms with Crippen LogP contribution >= 0.6 is 0 Å². The second-order valence-corrected chi connectivity index (χ2v) is 4.27. The van der Waals surface area contributed by atoms with E-state index >= 15 is 0 Å². The van der Waals surface area contributed by atoms with Gasteiger partial charge >= 0.3 is 5.97 Å². The van der Waals surface area contributed by atoms with E-state index in [1.807, 2.05) is 6.07 Å². The fourth-order valence-corrected chi connectivity index (χ4v) is 1.61. The van der Waals surface area contributed by atoms with Gasteiger partial charge in [-0.05, 0) is 23.8 Å². The molecular weight excluding hydrogens is 216 g/mol. The number of aromatic carboxylic acids is 1. The molecule has 0 saturated carbocycles. The van der Waals surface area contributed by atoms with Gasteiger partial charge in [-0.3, -0.25) is 0 Å². The minimum Gasteiger partial charge on any atom is -0.478 e. The predicted octanol–water partition coefficient (Wildman–Crippen LogP) is 3.77. The maximum Gasteiger partial charge on any atom is 0.335 e. The maximum absolute atomic E-state index is 10.7. The molecule has 0 fully saturated rings. The summed E-state index contributed by atoms with van der Waals surface area (Å²) in [4.78, 5) is 10.7. The molecule has 0 radical (unpaired) electrons. The first-order valence-corrected chi connectivity index (χ1v) is 5.50. The smallest absolute Gasteiger partial charge is 0.335 e. The summed E-state index contributed by atoms with van der Waals surface area (Å²) in [6.45, 7) is 4.13. The standard InChI is InChI=1S/C14H14O3/c1-9(2)13-7-12(8-17-13)10-3-5-11(6-4-10)14(15)16/h3-9H,1-2H3,(H,15,16). The summed E-state index contributed by atoms with van der Waals surface area (Å²) in [5.74, 6) is 0.371. The summed E-state index contributed by atoms with van der Waals surface area (Å²) in [5, 5.41) is 8.80. The van der Waals surface area contributed by atoms with Crippen molar-refractivity contribution in [3.63, 3.8) is 0 Å². The SMILES string of the molecule is CC(C)c1cc(-c2ccc(C(=O)O)cc2)co1. The molecule has 1 aromatic carbocycles. The van der Waals surface area contributed by atoms with Gasteiger partial charge in [0, 0.05) is 11.5 Å². The van der Waals surface area contributed by atoms with E-state index in [0.29, 0.717) is 11.5 Å². The van der Waals surface area contributed by atoms with Gasteiger partial charge in [-0.15, -0.1) is 0 Å². The third-order valence-corrected chi connectivity index (χ3v) is 2.65. The molecule has 0 spiro atoms. The molecule has 0 saturated heterocycles. The van der Waals surface area contributed by atoms with Gasteiger partial charge in [0.15, 0.2) is 0 Å². The first-order chi connectivity index (χ1) is 8.08. The summed E-state index contributed by atoms with van der Waals surface area (Å²) < 4.78 is 5.44. The van der Waals surface area contributed by atoms with Crippen LogP contribution in [0, 0.1) is 0 Å². The molecule has 2 rings (SSSR count). The van der Waals surface area contributed by atoms with Crippen molar-refractivity contribution in [2.45, 2.75) is 19.8 Å². The number of benzene rings is 1. The van der Waals surface area contributed by atoms with Gasteiger partial charge in [0.25, 0.3) is 0 Å². The summed E-state index contributed by atoms with van der Waals surface area (Å²) in [6, 6.07) is 8.76. The van der Waals surface area contributed by atoms with Crippen molar-refractivity contribution in [2.24, 2.45) is 0 Å². The minimum atomic E-state index is -0.911. The number of carboxylic acid groups (broad SMARTS) is 1. The lowest BCUT2D eigenvalue weighted by molar-refractivity contribution is 0.0697. The van der Waals surface area contributed by atoms with Crippen LogP contribution in [0.1, 0.15) is 35.9 Å². The van der Waals surface area contributed by atoms with E-state index in [1.54, 1.807) is 30.5 Å². The van der Waals surface area contributed by atoms with Gasteiger partial charge in [-0.2, -0.15) is 0 Å². The van der Waals surface area contributed by atoms with E-state index in [4.69, 9.17) is 9.52 Å². The molecule has 1 N–H and O–H groups in total. The Bertz CT molecular complexity index is 521. The number of carbonyl (C=O) groups is 1. The molecule has 0 aliphatic rings. The van der Waals surface area contributed by atoms with E-state index in [9.17, 15) is 4.79 Å². The molecule has 3 nitrogen and oxygen atoms in total. The van der Waals surface area contributed by atoms with Crippen molar-refractivity contribution in [3.05, 3.63) is 47.9 Å². The Hall–Kier alpha value is -2.03. The Morgan fingerprint density at radius 2 is 1.82 bits per heavy atom. The van der Waals surface area contributed by atoms with Crippen LogP contribution in [-0.2, 0) is 0 Å². The largest absolute Gasteiger partial charge is 0.478 e. The van der Waals surface area contributed by atoms with E-state index in [2.05, 4.69) is 13.8 Å². The third-order valence-electron chi connectivity index (χ3n) is 2.65. The molecule has 88 valence electrons. The van der Waals surface area contributed by atoms with Gasteiger partial charge in [-0.1, -0.05) is 26.0 Å². The van der Waals surface area contributed by atoms with Crippen molar-refractivity contribution >= 4 is 5.97 Å². The monoisotopic (exact) mass is 230 g/mol. The molecule has 0 unspecified atom stereocenters. The Balaban J connectivity index is 2.30. The van der Waals surface area contributed by atoms with Gasteiger partial charge in [0.2, 0.25) is 0 Å². The third kappa shape index (κ3) is 2.38. The fraction of sp³-hybridized carbons (Fsp3) is 0.214.